The normalized spacial score (nSPS) is 24.2. The second-order valence-corrected chi connectivity index (χ2v) is 5.14. The van der Waals surface area contributed by atoms with E-state index in [9.17, 15) is 0 Å². The molecule has 2 heteroatoms. The summed E-state index contributed by atoms with van der Waals surface area (Å²) in [6.07, 6.45) is 5.88. The van der Waals surface area contributed by atoms with Crippen molar-refractivity contribution in [2.45, 2.75) is 26.3 Å². The van der Waals surface area contributed by atoms with Crippen molar-refractivity contribution in [2.75, 3.05) is 0 Å². The predicted octanol–water partition coefficient (Wildman–Crippen LogP) is 3.07. The highest BCUT2D eigenvalue weighted by Gasteiger charge is 2.41. The lowest BCUT2D eigenvalue weighted by atomic mass is 9.69. The average molecular weight is 214 g/mol. The van der Waals surface area contributed by atoms with Gasteiger partial charge in [-0.3, -0.25) is 4.99 Å². The lowest BCUT2D eigenvalue weighted by Crippen LogP contribution is -2.39. The van der Waals surface area contributed by atoms with Crippen LogP contribution in [0.15, 0.2) is 47.6 Å². The zero-order valence-corrected chi connectivity index (χ0v) is 10.1. The van der Waals surface area contributed by atoms with Crippen molar-refractivity contribution in [3.05, 3.63) is 48.2 Å². The van der Waals surface area contributed by atoms with Gasteiger partial charge in [0.2, 0.25) is 0 Å². The van der Waals surface area contributed by atoms with Crippen molar-refractivity contribution in [1.82, 2.24) is 5.32 Å². The third-order valence-corrected chi connectivity index (χ3v) is 3.12. The fourth-order valence-electron chi connectivity index (χ4n) is 2.13. The van der Waals surface area contributed by atoms with Gasteiger partial charge in [-0.2, -0.15) is 0 Å². The SMILES string of the molecule is CC(C)(C)C1(c2ccccc2)C=CNC=N1. The maximum atomic E-state index is 4.68. The lowest BCUT2D eigenvalue weighted by molar-refractivity contribution is 0.245. The molecule has 0 amide bonds. The minimum Gasteiger partial charge on any atom is -0.353 e. The molecule has 0 saturated heterocycles. The van der Waals surface area contributed by atoms with Crippen LogP contribution in [-0.2, 0) is 5.54 Å². The second-order valence-electron chi connectivity index (χ2n) is 5.14. The maximum absolute atomic E-state index is 4.68. The first-order valence-corrected chi connectivity index (χ1v) is 5.59. The molecule has 0 spiro atoms. The standard InChI is InChI=1S/C14H18N2/c1-13(2,3)14(9-10-15-11-16-14)12-7-5-4-6-8-12/h4-11H,1-3H3,(H,15,16). The number of hydrogen-bond donors (Lipinski definition) is 1. The van der Waals surface area contributed by atoms with Gasteiger partial charge in [-0.1, -0.05) is 51.1 Å². The largest absolute Gasteiger partial charge is 0.353 e. The molecule has 1 N–H and O–H groups in total. The molecule has 1 heterocycles. The zero-order chi connectivity index (χ0) is 11.6. The van der Waals surface area contributed by atoms with Gasteiger partial charge in [0.1, 0.15) is 5.54 Å². The molecule has 1 atom stereocenters. The van der Waals surface area contributed by atoms with E-state index < -0.39 is 0 Å². The van der Waals surface area contributed by atoms with E-state index in [2.05, 4.69) is 61.4 Å². The molecule has 1 aromatic rings. The van der Waals surface area contributed by atoms with E-state index in [0.29, 0.717) is 0 Å². The van der Waals surface area contributed by atoms with E-state index >= 15 is 0 Å². The minimum absolute atomic E-state index is 0.0451. The molecule has 2 nitrogen and oxygen atoms in total. The molecular weight excluding hydrogens is 196 g/mol. The summed E-state index contributed by atoms with van der Waals surface area (Å²) in [5.74, 6) is 0. The Kier molecular flexibility index (Phi) is 2.58. The van der Waals surface area contributed by atoms with Gasteiger partial charge in [0.05, 0.1) is 6.34 Å². The molecule has 1 aromatic carbocycles. The van der Waals surface area contributed by atoms with E-state index in [-0.39, 0.29) is 11.0 Å². The van der Waals surface area contributed by atoms with Crippen LogP contribution in [0, 0.1) is 5.41 Å². The van der Waals surface area contributed by atoms with Crippen molar-refractivity contribution in [3.63, 3.8) is 0 Å². The van der Waals surface area contributed by atoms with Crippen molar-refractivity contribution in [2.24, 2.45) is 10.4 Å². The number of benzene rings is 1. The summed E-state index contributed by atoms with van der Waals surface area (Å²) >= 11 is 0. The quantitative estimate of drug-likeness (QED) is 0.763. The van der Waals surface area contributed by atoms with Crippen LogP contribution in [0.5, 0.6) is 0 Å². The Hall–Kier alpha value is -1.57. The van der Waals surface area contributed by atoms with Crippen LogP contribution < -0.4 is 5.32 Å². The molecule has 1 aliphatic heterocycles. The highest BCUT2D eigenvalue weighted by molar-refractivity contribution is 5.60. The molecule has 0 saturated carbocycles. The fraction of sp³-hybridized carbons (Fsp3) is 0.357. The van der Waals surface area contributed by atoms with Crippen LogP contribution in [0.3, 0.4) is 0 Å². The Bertz CT molecular complexity index is 398. The molecule has 0 aliphatic carbocycles. The van der Waals surface area contributed by atoms with Gasteiger partial charge >= 0.3 is 0 Å². The smallest absolute Gasteiger partial charge is 0.112 e. The molecular formula is C14H18N2. The summed E-state index contributed by atoms with van der Waals surface area (Å²) in [7, 11) is 0. The van der Waals surface area contributed by atoms with Crippen LogP contribution >= 0.6 is 0 Å². The summed E-state index contributed by atoms with van der Waals surface area (Å²) < 4.78 is 0. The Morgan fingerprint density at radius 1 is 1.12 bits per heavy atom. The molecule has 0 radical (unpaired) electrons. The molecule has 0 bridgehead atoms. The molecule has 2 rings (SSSR count). The topological polar surface area (TPSA) is 24.4 Å². The van der Waals surface area contributed by atoms with Crippen molar-refractivity contribution in [3.8, 4) is 0 Å². The van der Waals surface area contributed by atoms with E-state index in [1.807, 2.05) is 12.3 Å². The van der Waals surface area contributed by atoms with E-state index in [0.717, 1.165) is 0 Å². The minimum atomic E-state index is -0.264. The van der Waals surface area contributed by atoms with Crippen LogP contribution in [0.1, 0.15) is 26.3 Å². The van der Waals surface area contributed by atoms with Crippen molar-refractivity contribution < 1.29 is 0 Å². The molecule has 1 unspecified atom stereocenters. The summed E-state index contributed by atoms with van der Waals surface area (Å²) in [5.41, 5.74) is 1.01. The molecule has 16 heavy (non-hydrogen) atoms. The fourth-order valence-corrected chi connectivity index (χ4v) is 2.13. The van der Waals surface area contributed by atoms with Gasteiger partial charge in [0, 0.05) is 6.20 Å². The van der Waals surface area contributed by atoms with Gasteiger partial charge in [0.15, 0.2) is 0 Å². The Labute approximate surface area is 97.1 Å². The highest BCUT2D eigenvalue weighted by Crippen LogP contribution is 2.44. The van der Waals surface area contributed by atoms with E-state index in [4.69, 9.17) is 0 Å². The summed E-state index contributed by atoms with van der Waals surface area (Å²) in [4.78, 5) is 4.68. The third kappa shape index (κ3) is 1.64. The first kappa shape index (κ1) is 10.9. The van der Waals surface area contributed by atoms with Gasteiger partial charge in [-0.05, 0) is 17.1 Å². The Balaban J connectivity index is 2.56. The van der Waals surface area contributed by atoms with E-state index in [1.54, 1.807) is 6.34 Å². The first-order valence-electron chi connectivity index (χ1n) is 5.59. The highest BCUT2D eigenvalue weighted by atomic mass is 15.0. The second kappa shape index (κ2) is 3.78. The maximum Gasteiger partial charge on any atom is 0.112 e. The number of hydrogen-bond acceptors (Lipinski definition) is 2. The number of nitrogens with zero attached hydrogens (tertiary/aromatic N) is 1. The van der Waals surface area contributed by atoms with Gasteiger partial charge in [-0.25, -0.2) is 0 Å². The van der Waals surface area contributed by atoms with Gasteiger partial charge < -0.3 is 5.32 Å². The summed E-state index contributed by atoms with van der Waals surface area (Å²) in [6.45, 7) is 6.65. The van der Waals surface area contributed by atoms with Gasteiger partial charge in [0.25, 0.3) is 0 Å². The average Bonchev–Trinajstić information content (AvgIpc) is 2.30. The molecule has 0 aromatic heterocycles. The van der Waals surface area contributed by atoms with Crippen LogP contribution in [0.25, 0.3) is 0 Å². The Morgan fingerprint density at radius 2 is 1.81 bits per heavy atom. The lowest BCUT2D eigenvalue weighted by Gasteiger charge is -2.40. The molecule has 0 fully saturated rings. The predicted molar refractivity (Wildman–Crippen MR) is 68.3 cm³/mol. The van der Waals surface area contributed by atoms with Crippen LogP contribution in [-0.4, -0.2) is 6.34 Å². The third-order valence-electron chi connectivity index (χ3n) is 3.12. The number of aliphatic imine (C=N–C) groups is 1. The molecule has 84 valence electrons. The van der Waals surface area contributed by atoms with E-state index in [1.165, 1.54) is 5.56 Å². The monoisotopic (exact) mass is 214 g/mol. The number of rotatable bonds is 1. The summed E-state index contributed by atoms with van der Waals surface area (Å²) in [6, 6.07) is 10.4. The van der Waals surface area contributed by atoms with Gasteiger partial charge in [-0.15, -0.1) is 0 Å². The Morgan fingerprint density at radius 3 is 2.31 bits per heavy atom. The number of nitrogens with one attached hydrogen (secondary N) is 1. The van der Waals surface area contributed by atoms with Crippen LogP contribution in [0.2, 0.25) is 0 Å². The first-order chi connectivity index (χ1) is 7.56. The summed E-state index contributed by atoms with van der Waals surface area (Å²) in [5, 5.41) is 3.01. The van der Waals surface area contributed by atoms with Crippen LogP contribution in [0.4, 0.5) is 0 Å². The van der Waals surface area contributed by atoms with Crippen molar-refractivity contribution in [1.29, 1.82) is 0 Å². The van der Waals surface area contributed by atoms with Crippen molar-refractivity contribution >= 4 is 6.34 Å². The zero-order valence-electron chi connectivity index (χ0n) is 10.1. The molecule has 1 aliphatic rings.